The van der Waals surface area contributed by atoms with Gasteiger partial charge in [-0.05, 0) is 44.1 Å². The molecule has 0 spiro atoms. The molecule has 2 fully saturated rings. The molecular weight excluding hydrogens is 266 g/mol. The molecule has 1 N–H and O–H groups in total. The summed E-state index contributed by atoms with van der Waals surface area (Å²) in [5, 5.41) is 13.4. The number of carboxylic acid groups (broad SMARTS) is 1. The molecule has 1 aromatic rings. The summed E-state index contributed by atoms with van der Waals surface area (Å²) >= 11 is 0. The van der Waals surface area contributed by atoms with Crippen molar-refractivity contribution in [3.05, 3.63) is 18.0 Å². The molecule has 2 aliphatic heterocycles. The Morgan fingerprint density at radius 2 is 2.10 bits per heavy atom. The van der Waals surface area contributed by atoms with E-state index in [9.17, 15) is 4.79 Å². The standard InChI is InChI=1S/C16H25N3O2/c1-2-7-19-15(5-6-17-19)11-18-13-3-4-14(18)9-12(8-13)10-16(20)21/h5-6,12-14H,2-4,7-11H2,1H3,(H,20,21). The van der Waals surface area contributed by atoms with Crippen LogP contribution in [-0.2, 0) is 17.9 Å². The highest BCUT2D eigenvalue weighted by Gasteiger charge is 2.41. The Kier molecular flexibility index (Phi) is 4.29. The van der Waals surface area contributed by atoms with E-state index in [0.717, 1.165) is 32.4 Å². The number of fused-ring (bicyclic) bond motifs is 2. The minimum absolute atomic E-state index is 0.342. The second-order valence-electron chi connectivity index (χ2n) is 6.54. The lowest BCUT2D eigenvalue weighted by molar-refractivity contribution is -0.138. The van der Waals surface area contributed by atoms with Gasteiger partial charge in [-0.1, -0.05) is 6.92 Å². The molecule has 116 valence electrons. The molecule has 3 rings (SSSR count). The molecule has 0 amide bonds. The van der Waals surface area contributed by atoms with E-state index in [1.807, 2.05) is 6.20 Å². The number of aryl methyl sites for hydroxylation is 1. The van der Waals surface area contributed by atoms with Crippen LogP contribution in [0.2, 0.25) is 0 Å². The number of carboxylic acids is 1. The Labute approximate surface area is 125 Å². The molecule has 5 nitrogen and oxygen atoms in total. The van der Waals surface area contributed by atoms with Gasteiger partial charge < -0.3 is 5.11 Å². The number of carbonyl (C=O) groups is 1. The van der Waals surface area contributed by atoms with Crippen LogP contribution in [0.3, 0.4) is 0 Å². The van der Waals surface area contributed by atoms with Gasteiger partial charge in [-0.25, -0.2) is 0 Å². The molecule has 2 unspecified atom stereocenters. The van der Waals surface area contributed by atoms with E-state index in [0.29, 0.717) is 24.4 Å². The third-order valence-electron chi connectivity index (χ3n) is 5.03. The van der Waals surface area contributed by atoms with E-state index in [2.05, 4.69) is 27.7 Å². The summed E-state index contributed by atoms with van der Waals surface area (Å²) in [6.07, 6.45) is 7.88. The van der Waals surface area contributed by atoms with Gasteiger partial charge in [0, 0.05) is 37.8 Å². The Hall–Kier alpha value is -1.36. The summed E-state index contributed by atoms with van der Waals surface area (Å²) in [7, 11) is 0. The molecule has 2 saturated heterocycles. The van der Waals surface area contributed by atoms with Crippen LogP contribution in [0.25, 0.3) is 0 Å². The first kappa shape index (κ1) is 14.6. The predicted octanol–water partition coefficient (Wildman–Crippen LogP) is 2.51. The van der Waals surface area contributed by atoms with Gasteiger partial charge in [-0.15, -0.1) is 0 Å². The maximum atomic E-state index is 10.9. The molecule has 2 bridgehead atoms. The molecule has 2 aliphatic rings. The highest BCUT2D eigenvalue weighted by atomic mass is 16.4. The van der Waals surface area contributed by atoms with E-state index in [4.69, 9.17) is 5.11 Å². The zero-order valence-corrected chi connectivity index (χ0v) is 12.7. The summed E-state index contributed by atoms with van der Waals surface area (Å²) in [4.78, 5) is 13.5. The maximum Gasteiger partial charge on any atom is 0.303 e. The monoisotopic (exact) mass is 291 g/mol. The van der Waals surface area contributed by atoms with Gasteiger partial charge in [0.2, 0.25) is 0 Å². The number of aromatic nitrogens is 2. The predicted molar refractivity (Wildman–Crippen MR) is 79.8 cm³/mol. The van der Waals surface area contributed by atoms with Crippen molar-refractivity contribution in [1.82, 2.24) is 14.7 Å². The van der Waals surface area contributed by atoms with E-state index in [-0.39, 0.29) is 0 Å². The maximum absolute atomic E-state index is 10.9. The van der Waals surface area contributed by atoms with Gasteiger partial charge in [0.1, 0.15) is 0 Å². The topological polar surface area (TPSA) is 58.4 Å². The molecule has 3 heterocycles. The first-order chi connectivity index (χ1) is 10.2. The van der Waals surface area contributed by atoms with E-state index in [1.165, 1.54) is 18.5 Å². The van der Waals surface area contributed by atoms with Crippen LogP contribution in [0.15, 0.2) is 12.3 Å². The van der Waals surface area contributed by atoms with E-state index in [1.54, 1.807) is 0 Å². The van der Waals surface area contributed by atoms with Gasteiger partial charge in [0.05, 0.1) is 5.69 Å². The lowest BCUT2D eigenvalue weighted by Crippen LogP contribution is -2.43. The second-order valence-corrected chi connectivity index (χ2v) is 6.54. The van der Waals surface area contributed by atoms with Crippen LogP contribution < -0.4 is 0 Å². The number of piperidine rings is 1. The van der Waals surface area contributed by atoms with Crippen molar-refractivity contribution in [2.24, 2.45) is 5.92 Å². The second kappa shape index (κ2) is 6.18. The summed E-state index contributed by atoms with van der Waals surface area (Å²) in [5.41, 5.74) is 1.30. The van der Waals surface area contributed by atoms with Gasteiger partial charge in [-0.2, -0.15) is 5.10 Å². The normalized spacial score (nSPS) is 28.9. The largest absolute Gasteiger partial charge is 0.481 e. The number of rotatable bonds is 6. The van der Waals surface area contributed by atoms with Crippen LogP contribution in [0.1, 0.15) is 51.1 Å². The number of hydrogen-bond acceptors (Lipinski definition) is 3. The van der Waals surface area contributed by atoms with Gasteiger partial charge in [-0.3, -0.25) is 14.4 Å². The lowest BCUT2D eigenvalue weighted by atomic mass is 9.88. The van der Waals surface area contributed by atoms with Crippen LogP contribution >= 0.6 is 0 Å². The summed E-state index contributed by atoms with van der Waals surface area (Å²) in [6.45, 7) is 4.12. The van der Waals surface area contributed by atoms with Crippen molar-refractivity contribution < 1.29 is 9.90 Å². The minimum Gasteiger partial charge on any atom is -0.481 e. The average molecular weight is 291 g/mol. The Bertz CT molecular complexity index is 485. The van der Waals surface area contributed by atoms with Crippen molar-refractivity contribution >= 4 is 5.97 Å². The van der Waals surface area contributed by atoms with Crippen LogP contribution in [-0.4, -0.2) is 37.8 Å². The first-order valence-electron chi connectivity index (χ1n) is 8.15. The summed E-state index contributed by atoms with van der Waals surface area (Å²) < 4.78 is 2.11. The van der Waals surface area contributed by atoms with Crippen molar-refractivity contribution in [1.29, 1.82) is 0 Å². The quantitative estimate of drug-likeness (QED) is 0.875. The van der Waals surface area contributed by atoms with Crippen LogP contribution in [0.4, 0.5) is 0 Å². The van der Waals surface area contributed by atoms with Gasteiger partial charge in [0.25, 0.3) is 0 Å². The fraction of sp³-hybridized carbons (Fsp3) is 0.750. The highest BCUT2D eigenvalue weighted by molar-refractivity contribution is 5.67. The summed E-state index contributed by atoms with van der Waals surface area (Å²) in [5.74, 6) is -0.273. The van der Waals surface area contributed by atoms with Crippen molar-refractivity contribution in [2.45, 2.75) is 70.6 Å². The fourth-order valence-corrected chi connectivity index (χ4v) is 4.15. The molecule has 0 aliphatic carbocycles. The minimum atomic E-state index is -0.645. The first-order valence-corrected chi connectivity index (χ1v) is 8.15. The molecule has 5 heteroatoms. The Morgan fingerprint density at radius 3 is 2.71 bits per heavy atom. The molecule has 0 aromatic carbocycles. The third kappa shape index (κ3) is 3.12. The number of hydrogen-bond donors (Lipinski definition) is 1. The van der Waals surface area contributed by atoms with Crippen LogP contribution in [0, 0.1) is 5.92 Å². The fourth-order valence-electron chi connectivity index (χ4n) is 4.15. The van der Waals surface area contributed by atoms with E-state index < -0.39 is 5.97 Å². The molecule has 2 atom stereocenters. The molecule has 0 saturated carbocycles. The molecule has 21 heavy (non-hydrogen) atoms. The van der Waals surface area contributed by atoms with Crippen molar-refractivity contribution in [3.8, 4) is 0 Å². The van der Waals surface area contributed by atoms with Gasteiger partial charge >= 0.3 is 5.97 Å². The average Bonchev–Trinajstić information content (AvgIpc) is 2.94. The molecular formula is C16H25N3O2. The van der Waals surface area contributed by atoms with E-state index >= 15 is 0 Å². The Balaban J connectivity index is 1.65. The smallest absolute Gasteiger partial charge is 0.303 e. The SMILES string of the molecule is CCCn1nccc1CN1C2CCC1CC(CC(=O)O)C2. The van der Waals surface area contributed by atoms with Gasteiger partial charge in [0.15, 0.2) is 0 Å². The Morgan fingerprint density at radius 1 is 1.38 bits per heavy atom. The third-order valence-corrected chi connectivity index (χ3v) is 5.03. The highest BCUT2D eigenvalue weighted by Crippen LogP contribution is 2.40. The number of aliphatic carboxylic acids is 1. The van der Waals surface area contributed by atoms with Crippen LogP contribution in [0.5, 0.6) is 0 Å². The van der Waals surface area contributed by atoms with Crippen molar-refractivity contribution in [2.75, 3.05) is 0 Å². The number of nitrogens with zero attached hydrogens (tertiary/aromatic N) is 3. The zero-order valence-electron chi connectivity index (χ0n) is 12.7. The lowest BCUT2D eigenvalue weighted by Gasteiger charge is -2.38. The summed E-state index contributed by atoms with van der Waals surface area (Å²) in [6, 6.07) is 3.26. The molecule has 1 aromatic heterocycles. The zero-order chi connectivity index (χ0) is 14.8. The van der Waals surface area contributed by atoms with Crippen molar-refractivity contribution in [3.63, 3.8) is 0 Å². The molecule has 0 radical (unpaired) electrons.